The molecule has 5 nitrogen and oxygen atoms in total. The van der Waals surface area contributed by atoms with Gasteiger partial charge in [0.2, 0.25) is 17.3 Å². The van der Waals surface area contributed by atoms with Crippen molar-refractivity contribution in [1.82, 2.24) is 0 Å². The standard InChI is InChI=1S/C6H4O5/c7-2-1-3(8)5(10)6(11)4(2)9/h1,7,9,11H. The number of rotatable bonds is 0. The van der Waals surface area contributed by atoms with E-state index in [1.165, 1.54) is 0 Å². The summed E-state index contributed by atoms with van der Waals surface area (Å²) >= 11 is 0. The van der Waals surface area contributed by atoms with Gasteiger partial charge in [0.25, 0.3) is 5.78 Å². The van der Waals surface area contributed by atoms with Gasteiger partial charge in [-0.2, -0.15) is 0 Å². The normalized spacial score (nSPS) is 18.7. The molecule has 0 atom stereocenters. The quantitative estimate of drug-likeness (QED) is 0.336. The number of allylic oxidation sites excluding steroid dienone is 2. The Morgan fingerprint density at radius 3 is 2.09 bits per heavy atom. The van der Waals surface area contributed by atoms with Gasteiger partial charge in [-0.05, 0) is 0 Å². The summed E-state index contributed by atoms with van der Waals surface area (Å²) in [4.78, 5) is 21.0. The average Bonchev–Trinajstić information content (AvgIpc) is 1.97. The van der Waals surface area contributed by atoms with E-state index in [0.717, 1.165) is 0 Å². The maximum atomic E-state index is 10.5. The minimum Gasteiger partial charge on any atom is -0.504 e. The lowest BCUT2D eigenvalue weighted by Gasteiger charge is -2.05. The second-order valence-electron chi connectivity index (χ2n) is 1.92. The molecule has 0 fully saturated rings. The molecule has 0 saturated carbocycles. The average molecular weight is 156 g/mol. The Morgan fingerprint density at radius 2 is 1.55 bits per heavy atom. The molecule has 3 N–H and O–H groups in total. The molecule has 0 amide bonds. The Labute approximate surface area is 60.9 Å². The largest absolute Gasteiger partial charge is 0.504 e. The molecule has 1 rings (SSSR count). The van der Waals surface area contributed by atoms with E-state index in [1.807, 2.05) is 0 Å². The van der Waals surface area contributed by atoms with E-state index in [0.29, 0.717) is 6.08 Å². The highest BCUT2D eigenvalue weighted by molar-refractivity contribution is 6.47. The fourth-order valence-corrected chi connectivity index (χ4v) is 0.604. The van der Waals surface area contributed by atoms with E-state index >= 15 is 0 Å². The molecule has 0 spiro atoms. The lowest BCUT2D eigenvalue weighted by molar-refractivity contribution is -0.133. The second-order valence-corrected chi connectivity index (χ2v) is 1.92. The number of ketones is 2. The Hall–Kier alpha value is -1.78. The molecule has 0 aliphatic heterocycles. The van der Waals surface area contributed by atoms with Gasteiger partial charge >= 0.3 is 0 Å². The summed E-state index contributed by atoms with van der Waals surface area (Å²) in [5.41, 5.74) is 0. The van der Waals surface area contributed by atoms with Crippen molar-refractivity contribution in [2.45, 2.75) is 0 Å². The number of aliphatic hydroxyl groups is 3. The smallest absolute Gasteiger partial charge is 0.271 e. The van der Waals surface area contributed by atoms with Gasteiger partial charge in [-0.3, -0.25) is 9.59 Å². The summed E-state index contributed by atoms with van der Waals surface area (Å²) in [7, 11) is 0. The van der Waals surface area contributed by atoms with Crippen LogP contribution in [0.25, 0.3) is 0 Å². The van der Waals surface area contributed by atoms with Crippen LogP contribution >= 0.6 is 0 Å². The van der Waals surface area contributed by atoms with E-state index in [-0.39, 0.29) is 0 Å². The highest BCUT2D eigenvalue weighted by Gasteiger charge is 2.27. The first-order valence-corrected chi connectivity index (χ1v) is 2.66. The summed E-state index contributed by atoms with van der Waals surface area (Å²) in [6, 6.07) is 0. The number of hydrogen-bond acceptors (Lipinski definition) is 5. The minimum absolute atomic E-state index is 0.539. The van der Waals surface area contributed by atoms with Crippen LogP contribution in [0.1, 0.15) is 0 Å². The van der Waals surface area contributed by atoms with Crippen molar-refractivity contribution >= 4 is 11.6 Å². The molecule has 0 aromatic heterocycles. The lowest BCUT2D eigenvalue weighted by Crippen LogP contribution is -2.20. The number of carbonyl (C=O) groups excluding carboxylic acids is 2. The van der Waals surface area contributed by atoms with E-state index in [4.69, 9.17) is 15.3 Å². The van der Waals surface area contributed by atoms with Gasteiger partial charge in [0, 0.05) is 6.08 Å². The van der Waals surface area contributed by atoms with E-state index in [1.54, 1.807) is 0 Å². The minimum atomic E-state index is -1.22. The van der Waals surface area contributed by atoms with Gasteiger partial charge in [0.1, 0.15) is 0 Å². The SMILES string of the molecule is O=C1C=C(O)C(O)=C(O)C1=O. The van der Waals surface area contributed by atoms with Crippen LogP contribution in [0.15, 0.2) is 23.4 Å². The molecule has 0 aromatic rings. The van der Waals surface area contributed by atoms with Gasteiger partial charge in [0.15, 0.2) is 5.76 Å². The van der Waals surface area contributed by atoms with Gasteiger partial charge in [0.05, 0.1) is 0 Å². The Balaban J connectivity index is 3.22. The predicted octanol–water partition coefficient (Wildman–Crippen LogP) is -0.0923. The van der Waals surface area contributed by atoms with Crippen LogP contribution in [0.5, 0.6) is 0 Å². The van der Waals surface area contributed by atoms with E-state index in [9.17, 15) is 9.59 Å². The third-order valence-corrected chi connectivity index (χ3v) is 1.17. The van der Waals surface area contributed by atoms with Gasteiger partial charge < -0.3 is 15.3 Å². The summed E-state index contributed by atoms with van der Waals surface area (Å²) in [5.74, 6) is -5.16. The maximum absolute atomic E-state index is 10.5. The van der Waals surface area contributed by atoms with Gasteiger partial charge in [-0.15, -0.1) is 0 Å². The van der Waals surface area contributed by atoms with Crippen molar-refractivity contribution in [3.05, 3.63) is 23.4 Å². The fourth-order valence-electron chi connectivity index (χ4n) is 0.604. The molecule has 1 aliphatic rings. The van der Waals surface area contributed by atoms with Crippen LogP contribution in [0.3, 0.4) is 0 Å². The summed E-state index contributed by atoms with van der Waals surface area (Å²) in [5, 5.41) is 26.0. The number of Topliss-reactive ketones (excluding diaryl/α,β-unsaturated/α-hetero) is 1. The molecular weight excluding hydrogens is 152 g/mol. The molecule has 1 aliphatic carbocycles. The van der Waals surface area contributed by atoms with Gasteiger partial charge in [-0.25, -0.2) is 0 Å². The number of aliphatic hydroxyl groups excluding tert-OH is 3. The number of hydrogen-bond donors (Lipinski definition) is 3. The first-order valence-electron chi connectivity index (χ1n) is 2.66. The predicted molar refractivity (Wildman–Crippen MR) is 33.0 cm³/mol. The molecule has 0 bridgehead atoms. The molecule has 0 saturated heterocycles. The third kappa shape index (κ3) is 0.958. The lowest BCUT2D eigenvalue weighted by atomic mass is 10.1. The highest BCUT2D eigenvalue weighted by atomic mass is 16.3. The topological polar surface area (TPSA) is 94.8 Å². The van der Waals surface area contributed by atoms with Gasteiger partial charge in [-0.1, -0.05) is 0 Å². The summed E-state index contributed by atoms with van der Waals surface area (Å²) < 4.78 is 0. The first kappa shape index (κ1) is 7.33. The second kappa shape index (κ2) is 2.12. The molecule has 0 heterocycles. The third-order valence-electron chi connectivity index (χ3n) is 1.17. The molecule has 58 valence electrons. The summed E-state index contributed by atoms with van der Waals surface area (Å²) in [6.45, 7) is 0. The van der Waals surface area contributed by atoms with Crippen LogP contribution < -0.4 is 0 Å². The zero-order valence-electron chi connectivity index (χ0n) is 5.24. The van der Waals surface area contributed by atoms with Crippen molar-refractivity contribution in [1.29, 1.82) is 0 Å². The van der Waals surface area contributed by atoms with Crippen LogP contribution in [0, 0.1) is 0 Å². The molecule has 0 radical (unpaired) electrons. The van der Waals surface area contributed by atoms with Crippen LogP contribution in [0.2, 0.25) is 0 Å². The zero-order valence-corrected chi connectivity index (χ0v) is 5.24. The Morgan fingerprint density at radius 1 is 1.00 bits per heavy atom. The van der Waals surface area contributed by atoms with Crippen molar-refractivity contribution in [2.24, 2.45) is 0 Å². The summed E-state index contributed by atoms with van der Waals surface area (Å²) in [6.07, 6.45) is 0.539. The van der Waals surface area contributed by atoms with E-state index in [2.05, 4.69) is 0 Å². The van der Waals surface area contributed by atoms with Crippen molar-refractivity contribution in [2.75, 3.05) is 0 Å². The number of carbonyl (C=O) groups is 2. The molecule has 0 aromatic carbocycles. The maximum Gasteiger partial charge on any atom is 0.271 e. The highest BCUT2D eigenvalue weighted by Crippen LogP contribution is 2.13. The molecule has 5 heteroatoms. The fraction of sp³-hybridized carbons (Fsp3) is 0. The van der Waals surface area contributed by atoms with Crippen LogP contribution in [-0.2, 0) is 9.59 Å². The Kier molecular flexibility index (Phi) is 1.41. The van der Waals surface area contributed by atoms with Crippen LogP contribution in [0.4, 0.5) is 0 Å². The van der Waals surface area contributed by atoms with E-state index < -0.39 is 28.8 Å². The molecular formula is C6H4O5. The van der Waals surface area contributed by atoms with Crippen molar-refractivity contribution < 1.29 is 24.9 Å². The van der Waals surface area contributed by atoms with Crippen molar-refractivity contribution in [3.8, 4) is 0 Å². The first-order chi connectivity index (χ1) is 5.04. The Bertz CT molecular complexity index is 296. The zero-order chi connectivity index (χ0) is 8.59. The monoisotopic (exact) mass is 156 g/mol. The molecule has 0 unspecified atom stereocenters. The molecule has 11 heavy (non-hydrogen) atoms. The van der Waals surface area contributed by atoms with Crippen molar-refractivity contribution in [3.63, 3.8) is 0 Å². The van der Waals surface area contributed by atoms with Crippen LogP contribution in [-0.4, -0.2) is 26.9 Å².